The molecule has 2 heterocycles. The molecule has 6 rings (SSSR count). The highest BCUT2D eigenvalue weighted by Gasteiger charge is 2.11. The molecule has 0 aliphatic rings. The van der Waals surface area contributed by atoms with Gasteiger partial charge in [0.2, 0.25) is 0 Å². The summed E-state index contributed by atoms with van der Waals surface area (Å²) in [5, 5.41) is 9.12. The van der Waals surface area contributed by atoms with E-state index in [-0.39, 0.29) is 0 Å². The topological polar surface area (TPSA) is 24.9 Å². The molecule has 162 valence electrons. The number of hydrogen-bond donors (Lipinski definition) is 1. The van der Waals surface area contributed by atoms with E-state index in [4.69, 9.17) is 4.98 Å². The normalized spacial score (nSPS) is 10.9. The van der Waals surface area contributed by atoms with Crippen molar-refractivity contribution in [3.05, 3.63) is 126 Å². The highest BCUT2D eigenvalue weighted by atomic mass is 32.1. The van der Waals surface area contributed by atoms with Gasteiger partial charge < -0.3 is 5.32 Å². The Morgan fingerprint density at radius 3 is 2.09 bits per heavy atom. The standard InChI is InChI=1S/C31H22N2S/c1-2-8-22(9-3-1)23-14-16-24(17-15-23)30-20-31(27-11-5-7-13-29(27)32-30)33-28-12-6-4-10-26(28)25-18-19-34-21-25/h1-21H,(H,32,33). The molecule has 0 aliphatic carbocycles. The lowest BCUT2D eigenvalue weighted by atomic mass is 10.0. The maximum absolute atomic E-state index is 4.98. The van der Waals surface area contributed by atoms with Crippen LogP contribution in [0.3, 0.4) is 0 Å². The number of aromatic nitrogens is 1. The highest BCUT2D eigenvalue weighted by Crippen LogP contribution is 2.35. The van der Waals surface area contributed by atoms with Gasteiger partial charge in [0.05, 0.1) is 16.9 Å². The highest BCUT2D eigenvalue weighted by molar-refractivity contribution is 7.08. The van der Waals surface area contributed by atoms with Crippen LogP contribution in [-0.2, 0) is 0 Å². The summed E-state index contributed by atoms with van der Waals surface area (Å²) in [6, 6.07) is 40.2. The van der Waals surface area contributed by atoms with Crippen LogP contribution in [0.25, 0.3) is 44.4 Å². The van der Waals surface area contributed by atoms with E-state index in [1.807, 2.05) is 12.1 Å². The number of rotatable bonds is 5. The zero-order chi connectivity index (χ0) is 22.7. The van der Waals surface area contributed by atoms with Crippen molar-refractivity contribution < 1.29 is 0 Å². The lowest BCUT2D eigenvalue weighted by Gasteiger charge is -2.15. The second-order valence-corrected chi connectivity index (χ2v) is 8.98. The van der Waals surface area contributed by atoms with Crippen molar-refractivity contribution in [2.45, 2.75) is 0 Å². The molecular weight excluding hydrogens is 432 g/mol. The zero-order valence-electron chi connectivity index (χ0n) is 18.5. The molecule has 0 saturated carbocycles. The van der Waals surface area contributed by atoms with E-state index in [1.165, 1.54) is 22.3 Å². The maximum atomic E-state index is 4.98. The van der Waals surface area contributed by atoms with Crippen LogP contribution < -0.4 is 5.32 Å². The van der Waals surface area contributed by atoms with E-state index >= 15 is 0 Å². The van der Waals surface area contributed by atoms with Gasteiger partial charge in [-0.25, -0.2) is 4.98 Å². The minimum absolute atomic E-state index is 0.953. The Bertz CT molecular complexity index is 1550. The summed E-state index contributed by atoms with van der Waals surface area (Å²) in [4.78, 5) is 4.98. The molecule has 6 aromatic rings. The number of anilines is 2. The van der Waals surface area contributed by atoms with Crippen LogP contribution in [0.15, 0.2) is 126 Å². The lowest BCUT2D eigenvalue weighted by Crippen LogP contribution is -1.96. The van der Waals surface area contributed by atoms with Gasteiger partial charge in [-0.2, -0.15) is 11.3 Å². The van der Waals surface area contributed by atoms with Gasteiger partial charge >= 0.3 is 0 Å². The molecule has 2 nitrogen and oxygen atoms in total. The molecule has 0 unspecified atom stereocenters. The summed E-state index contributed by atoms with van der Waals surface area (Å²) >= 11 is 1.71. The second-order valence-electron chi connectivity index (χ2n) is 8.20. The number of hydrogen-bond acceptors (Lipinski definition) is 3. The Kier molecular flexibility index (Phi) is 5.38. The van der Waals surface area contributed by atoms with Crippen molar-refractivity contribution in [1.29, 1.82) is 0 Å². The van der Waals surface area contributed by atoms with Crippen molar-refractivity contribution in [2.24, 2.45) is 0 Å². The summed E-state index contributed by atoms with van der Waals surface area (Å²) in [6.45, 7) is 0. The van der Waals surface area contributed by atoms with Gasteiger partial charge in [-0.05, 0) is 51.7 Å². The first kappa shape index (κ1) is 20.4. The van der Waals surface area contributed by atoms with E-state index in [0.717, 1.165) is 33.5 Å². The first-order chi connectivity index (χ1) is 16.8. The molecule has 0 bridgehead atoms. The lowest BCUT2D eigenvalue weighted by molar-refractivity contribution is 1.39. The first-order valence-electron chi connectivity index (χ1n) is 11.3. The van der Waals surface area contributed by atoms with E-state index < -0.39 is 0 Å². The van der Waals surface area contributed by atoms with Crippen LogP contribution in [0.2, 0.25) is 0 Å². The number of nitrogens with zero attached hydrogens (tertiary/aromatic N) is 1. The fourth-order valence-electron chi connectivity index (χ4n) is 4.30. The van der Waals surface area contributed by atoms with E-state index in [2.05, 4.69) is 119 Å². The monoisotopic (exact) mass is 454 g/mol. The molecule has 3 heteroatoms. The van der Waals surface area contributed by atoms with Gasteiger partial charge in [-0.1, -0.05) is 91.0 Å². The van der Waals surface area contributed by atoms with Crippen molar-refractivity contribution in [3.63, 3.8) is 0 Å². The molecule has 0 atom stereocenters. The average Bonchev–Trinajstić information content (AvgIpc) is 3.44. The quantitative estimate of drug-likeness (QED) is 0.281. The third-order valence-corrected chi connectivity index (χ3v) is 6.72. The molecule has 0 radical (unpaired) electrons. The smallest absolute Gasteiger partial charge is 0.0730 e. The zero-order valence-corrected chi connectivity index (χ0v) is 19.3. The van der Waals surface area contributed by atoms with Crippen LogP contribution in [0.4, 0.5) is 11.4 Å². The van der Waals surface area contributed by atoms with Crippen LogP contribution in [0.1, 0.15) is 0 Å². The number of thiophene rings is 1. The van der Waals surface area contributed by atoms with Gasteiger partial charge in [-0.3, -0.25) is 0 Å². The minimum atomic E-state index is 0.953. The first-order valence-corrected chi connectivity index (χ1v) is 12.2. The fraction of sp³-hybridized carbons (Fsp3) is 0. The molecule has 0 aliphatic heterocycles. The molecule has 4 aromatic carbocycles. The summed E-state index contributed by atoms with van der Waals surface area (Å²) in [5.41, 5.74) is 10.00. The number of pyridine rings is 1. The maximum Gasteiger partial charge on any atom is 0.0730 e. The molecule has 0 spiro atoms. The van der Waals surface area contributed by atoms with Gasteiger partial charge in [0.1, 0.15) is 0 Å². The van der Waals surface area contributed by atoms with Crippen LogP contribution in [0, 0.1) is 0 Å². The number of benzene rings is 4. The predicted molar refractivity (Wildman–Crippen MR) is 146 cm³/mol. The van der Waals surface area contributed by atoms with Crippen molar-refractivity contribution in [3.8, 4) is 33.5 Å². The SMILES string of the molecule is c1ccc(-c2ccc(-c3cc(Nc4ccccc4-c4ccsc4)c4ccccc4n3)cc2)cc1. The van der Waals surface area contributed by atoms with E-state index in [0.29, 0.717) is 0 Å². The summed E-state index contributed by atoms with van der Waals surface area (Å²) in [5.74, 6) is 0. The largest absolute Gasteiger partial charge is 0.354 e. The van der Waals surface area contributed by atoms with Crippen LogP contribution in [0.5, 0.6) is 0 Å². The number of fused-ring (bicyclic) bond motifs is 1. The molecule has 2 aromatic heterocycles. The molecule has 0 amide bonds. The van der Waals surface area contributed by atoms with Crippen LogP contribution >= 0.6 is 11.3 Å². The Balaban J connectivity index is 1.42. The van der Waals surface area contributed by atoms with E-state index in [9.17, 15) is 0 Å². The van der Waals surface area contributed by atoms with E-state index in [1.54, 1.807) is 11.3 Å². The number of nitrogens with one attached hydrogen (secondary N) is 1. The molecule has 1 N–H and O–H groups in total. The Labute approximate surface area is 203 Å². The molecule has 0 saturated heterocycles. The van der Waals surface area contributed by atoms with Crippen molar-refractivity contribution in [1.82, 2.24) is 4.98 Å². The molecule has 0 fully saturated rings. The second kappa shape index (κ2) is 8.97. The average molecular weight is 455 g/mol. The minimum Gasteiger partial charge on any atom is -0.354 e. The molecule has 34 heavy (non-hydrogen) atoms. The van der Waals surface area contributed by atoms with Crippen molar-refractivity contribution in [2.75, 3.05) is 5.32 Å². The summed E-state index contributed by atoms with van der Waals surface area (Å²) < 4.78 is 0. The van der Waals surface area contributed by atoms with Crippen molar-refractivity contribution >= 4 is 33.6 Å². The Hall–Kier alpha value is -4.21. The van der Waals surface area contributed by atoms with Crippen LogP contribution in [-0.4, -0.2) is 4.98 Å². The van der Waals surface area contributed by atoms with Gasteiger partial charge in [-0.15, -0.1) is 0 Å². The Morgan fingerprint density at radius 2 is 1.26 bits per heavy atom. The van der Waals surface area contributed by atoms with Gasteiger partial charge in [0.25, 0.3) is 0 Å². The third kappa shape index (κ3) is 3.98. The predicted octanol–water partition coefficient (Wildman–Crippen LogP) is 9.04. The summed E-state index contributed by atoms with van der Waals surface area (Å²) in [7, 11) is 0. The fourth-order valence-corrected chi connectivity index (χ4v) is 4.95. The molecular formula is C31H22N2S. The number of para-hydroxylation sites is 2. The van der Waals surface area contributed by atoms with Gasteiger partial charge in [0.15, 0.2) is 0 Å². The van der Waals surface area contributed by atoms with Gasteiger partial charge in [0, 0.05) is 22.2 Å². The third-order valence-electron chi connectivity index (χ3n) is 6.03. The summed E-state index contributed by atoms with van der Waals surface area (Å²) in [6.07, 6.45) is 0. The Morgan fingerprint density at radius 1 is 0.559 bits per heavy atom.